The number of nitrogens with one attached hydrogen (secondary N) is 1. The lowest BCUT2D eigenvalue weighted by molar-refractivity contribution is -0.275. The van der Waals surface area contributed by atoms with Crippen molar-refractivity contribution in [3.63, 3.8) is 0 Å². The quantitative estimate of drug-likeness (QED) is 0.885. The Morgan fingerprint density at radius 1 is 1.33 bits per heavy atom. The molecule has 0 radical (unpaired) electrons. The van der Waals surface area contributed by atoms with Crippen LogP contribution in [0.2, 0.25) is 0 Å². The van der Waals surface area contributed by atoms with Crippen LogP contribution in [-0.2, 0) is 0 Å². The molecule has 1 aromatic heterocycles. The SMILES string of the molecule is CCCNC(c1cnsn1)c1ccccc1OC(F)(F)F. The summed E-state index contributed by atoms with van der Waals surface area (Å²) in [6, 6.07) is 5.57. The molecule has 0 bridgehead atoms. The molecule has 8 heteroatoms. The minimum Gasteiger partial charge on any atom is -0.405 e. The normalized spacial score (nSPS) is 13.1. The van der Waals surface area contributed by atoms with Crippen molar-refractivity contribution in [1.82, 2.24) is 14.1 Å². The molecule has 1 aromatic carbocycles. The van der Waals surface area contributed by atoms with Crippen LogP contribution in [0.5, 0.6) is 5.75 Å². The minimum atomic E-state index is -4.73. The van der Waals surface area contributed by atoms with E-state index in [0.717, 1.165) is 18.1 Å². The molecular formula is C13H14F3N3OS. The molecule has 0 spiro atoms. The Hall–Kier alpha value is -1.67. The number of benzene rings is 1. The minimum absolute atomic E-state index is 0.230. The highest BCUT2D eigenvalue weighted by Gasteiger charge is 2.33. The highest BCUT2D eigenvalue weighted by molar-refractivity contribution is 6.99. The molecule has 1 N–H and O–H groups in total. The van der Waals surface area contributed by atoms with Crippen molar-refractivity contribution in [2.24, 2.45) is 0 Å². The molecular weight excluding hydrogens is 303 g/mol. The van der Waals surface area contributed by atoms with Crippen LogP contribution in [-0.4, -0.2) is 21.7 Å². The molecule has 0 saturated heterocycles. The Morgan fingerprint density at radius 3 is 2.71 bits per heavy atom. The Kier molecular flexibility index (Phi) is 5.13. The van der Waals surface area contributed by atoms with Crippen LogP contribution < -0.4 is 10.1 Å². The van der Waals surface area contributed by atoms with E-state index in [0.29, 0.717) is 17.8 Å². The second-order valence-corrected chi connectivity index (χ2v) is 4.86. The van der Waals surface area contributed by atoms with E-state index in [1.165, 1.54) is 12.1 Å². The van der Waals surface area contributed by atoms with Crippen LogP contribution in [0.1, 0.15) is 30.6 Å². The number of rotatable bonds is 6. The highest BCUT2D eigenvalue weighted by Crippen LogP contribution is 2.32. The van der Waals surface area contributed by atoms with Crippen molar-refractivity contribution < 1.29 is 17.9 Å². The summed E-state index contributed by atoms with van der Waals surface area (Å²) in [7, 11) is 0. The lowest BCUT2D eigenvalue weighted by Crippen LogP contribution is -2.25. The zero-order valence-corrected chi connectivity index (χ0v) is 12.0. The molecule has 1 atom stereocenters. The third kappa shape index (κ3) is 4.40. The molecule has 2 aromatic rings. The van der Waals surface area contributed by atoms with Gasteiger partial charge in [-0.05, 0) is 19.0 Å². The van der Waals surface area contributed by atoms with Crippen LogP contribution in [0, 0.1) is 0 Å². The summed E-state index contributed by atoms with van der Waals surface area (Å²) in [5, 5.41) is 3.17. The number of nitrogens with zero attached hydrogens (tertiary/aromatic N) is 2. The maximum Gasteiger partial charge on any atom is 0.573 e. The zero-order valence-electron chi connectivity index (χ0n) is 11.2. The fourth-order valence-electron chi connectivity index (χ4n) is 1.90. The number of ether oxygens (including phenoxy) is 1. The van der Waals surface area contributed by atoms with E-state index in [1.807, 2.05) is 6.92 Å². The molecule has 114 valence electrons. The van der Waals surface area contributed by atoms with Crippen LogP contribution >= 0.6 is 11.7 Å². The first-order chi connectivity index (χ1) is 10.0. The number of hydrogen-bond donors (Lipinski definition) is 1. The van der Waals surface area contributed by atoms with Gasteiger partial charge in [0.05, 0.1) is 29.7 Å². The maximum absolute atomic E-state index is 12.5. The van der Waals surface area contributed by atoms with E-state index >= 15 is 0 Å². The van der Waals surface area contributed by atoms with Crippen LogP contribution in [0.25, 0.3) is 0 Å². The number of hydrogen-bond acceptors (Lipinski definition) is 5. The van der Waals surface area contributed by atoms with Gasteiger partial charge in [0.25, 0.3) is 0 Å². The molecule has 0 aliphatic heterocycles. The highest BCUT2D eigenvalue weighted by atomic mass is 32.1. The monoisotopic (exact) mass is 317 g/mol. The van der Waals surface area contributed by atoms with E-state index in [2.05, 4.69) is 18.8 Å². The molecule has 0 aliphatic carbocycles. The standard InChI is InChI=1S/C13H14F3N3OS/c1-2-7-17-12(10-8-18-21-19-10)9-5-3-4-6-11(9)20-13(14,15)16/h3-6,8,12,17H,2,7H2,1H3. The summed E-state index contributed by atoms with van der Waals surface area (Å²) in [6.07, 6.45) is -2.34. The van der Waals surface area contributed by atoms with Gasteiger partial charge in [-0.1, -0.05) is 25.1 Å². The third-order valence-corrected chi connectivity index (χ3v) is 3.22. The number of para-hydroxylation sites is 1. The van der Waals surface area contributed by atoms with Crippen molar-refractivity contribution in [2.75, 3.05) is 6.54 Å². The molecule has 1 heterocycles. The lowest BCUT2D eigenvalue weighted by atomic mass is 10.0. The van der Waals surface area contributed by atoms with E-state index < -0.39 is 12.4 Å². The first-order valence-corrected chi connectivity index (χ1v) is 7.10. The van der Waals surface area contributed by atoms with E-state index in [9.17, 15) is 13.2 Å². The summed E-state index contributed by atoms with van der Waals surface area (Å²) in [5.74, 6) is -0.230. The average Bonchev–Trinajstić information content (AvgIpc) is 2.93. The largest absolute Gasteiger partial charge is 0.573 e. The lowest BCUT2D eigenvalue weighted by Gasteiger charge is -2.20. The van der Waals surface area contributed by atoms with Crippen molar-refractivity contribution in [3.8, 4) is 5.75 Å². The first kappa shape index (κ1) is 15.7. The Balaban J connectivity index is 2.35. The van der Waals surface area contributed by atoms with Crippen molar-refractivity contribution in [3.05, 3.63) is 41.7 Å². The number of alkyl halides is 3. The van der Waals surface area contributed by atoms with Gasteiger partial charge in [-0.15, -0.1) is 13.2 Å². The van der Waals surface area contributed by atoms with Gasteiger partial charge in [0, 0.05) is 5.56 Å². The van der Waals surface area contributed by atoms with E-state index in [4.69, 9.17) is 0 Å². The van der Waals surface area contributed by atoms with E-state index in [1.54, 1.807) is 18.3 Å². The molecule has 0 amide bonds. The fourth-order valence-corrected chi connectivity index (χ4v) is 2.35. The zero-order chi connectivity index (χ0) is 15.3. The average molecular weight is 317 g/mol. The van der Waals surface area contributed by atoms with Crippen molar-refractivity contribution in [1.29, 1.82) is 0 Å². The molecule has 2 rings (SSSR count). The van der Waals surface area contributed by atoms with Gasteiger partial charge in [-0.2, -0.15) is 8.75 Å². The van der Waals surface area contributed by atoms with E-state index in [-0.39, 0.29) is 5.75 Å². The molecule has 0 aliphatic rings. The summed E-state index contributed by atoms with van der Waals surface area (Å²) in [4.78, 5) is 0. The van der Waals surface area contributed by atoms with Gasteiger partial charge in [0.1, 0.15) is 5.75 Å². The second kappa shape index (κ2) is 6.86. The Morgan fingerprint density at radius 2 is 2.10 bits per heavy atom. The number of halogens is 3. The maximum atomic E-state index is 12.5. The summed E-state index contributed by atoms with van der Waals surface area (Å²) < 4.78 is 49.7. The van der Waals surface area contributed by atoms with Gasteiger partial charge in [0.2, 0.25) is 0 Å². The summed E-state index contributed by atoms with van der Waals surface area (Å²) in [6.45, 7) is 2.62. The molecule has 4 nitrogen and oxygen atoms in total. The summed E-state index contributed by atoms with van der Waals surface area (Å²) >= 11 is 1.01. The smallest absolute Gasteiger partial charge is 0.405 e. The van der Waals surface area contributed by atoms with Gasteiger partial charge < -0.3 is 10.1 Å². The first-order valence-electron chi connectivity index (χ1n) is 6.36. The fraction of sp³-hybridized carbons (Fsp3) is 0.385. The van der Waals surface area contributed by atoms with Crippen LogP contribution in [0.3, 0.4) is 0 Å². The third-order valence-electron chi connectivity index (χ3n) is 2.73. The molecule has 0 saturated carbocycles. The van der Waals surface area contributed by atoms with Crippen LogP contribution in [0.15, 0.2) is 30.5 Å². The number of aromatic nitrogens is 2. The predicted octanol–water partition coefficient (Wildman–Crippen LogP) is 3.53. The molecule has 0 fully saturated rings. The van der Waals surface area contributed by atoms with Crippen molar-refractivity contribution >= 4 is 11.7 Å². The Bertz CT molecular complexity index is 560. The predicted molar refractivity (Wildman–Crippen MR) is 73.2 cm³/mol. The summed E-state index contributed by atoms with van der Waals surface area (Å²) in [5.41, 5.74) is 0.961. The van der Waals surface area contributed by atoms with Gasteiger partial charge in [-0.25, -0.2) is 0 Å². The Labute approximate surface area is 124 Å². The van der Waals surface area contributed by atoms with Crippen molar-refractivity contribution in [2.45, 2.75) is 25.7 Å². The second-order valence-electron chi connectivity index (χ2n) is 4.31. The topological polar surface area (TPSA) is 47.0 Å². The molecule has 1 unspecified atom stereocenters. The molecule has 21 heavy (non-hydrogen) atoms. The van der Waals surface area contributed by atoms with Gasteiger partial charge in [-0.3, -0.25) is 0 Å². The van der Waals surface area contributed by atoms with Crippen LogP contribution in [0.4, 0.5) is 13.2 Å². The van der Waals surface area contributed by atoms with Gasteiger partial charge >= 0.3 is 6.36 Å². The van der Waals surface area contributed by atoms with Gasteiger partial charge in [0.15, 0.2) is 0 Å².